The van der Waals surface area contributed by atoms with Crippen LogP contribution in [0.1, 0.15) is 0 Å². The summed E-state index contributed by atoms with van der Waals surface area (Å²) < 4.78 is 14.0. The fourth-order valence-corrected chi connectivity index (χ4v) is 0.603. The van der Waals surface area contributed by atoms with Crippen molar-refractivity contribution in [1.29, 1.82) is 0 Å². The van der Waals surface area contributed by atoms with Crippen molar-refractivity contribution in [2.75, 3.05) is 13.9 Å². The molecule has 1 saturated heterocycles. The van der Waals surface area contributed by atoms with Crippen molar-refractivity contribution >= 4 is 45.8 Å². The van der Waals surface area contributed by atoms with Gasteiger partial charge in [0.2, 0.25) is 0 Å². The zero-order valence-corrected chi connectivity index (χ0v) is 9.34. The fourth-order valence-electron chi connectivity index (χ4n) is 0.201. The van der Waals surface area contributed by atoms with Gasteiger partial charge in [0.15, 0.2) is 6.79 Å². The first-order chi connectivity index (χ1) is 3.93. The molecule has 0 bridgehead atoms. The van der Waals surface area contributed by atoms with Crippen LogP contribution in [0.5, 0.6) is 0 Å². The van der Waals surface area contributed by atoms with Crippen LogP contribution in [-0.4, -0.2) is 13.9 Å². The summed E-state index contributed by atoms with van der Waals surface area (Å²) in [4.78, 5) is 0. The second-order valence-electron chi connectivity index (χ2n) is 0.782. The van der Waals surface area contributed by atoms with Crippen molar-refractivity contribution in [3.8, 4) is 0 Å². The zero-order chi connectivity index (χ0) is 6.41. The molecule has 6 heteroatoms. The van der Waals surface area contributed by atoms with Gasteiger partial charge in [-0.3, -0.25) is 9.05 Å². The summed E-state index contributed by atoms with van der Waals surface area (Å²) in [6.07, 6.45) is 0. The first kappa shape index (κ1) is 9.77. The summed E-state index contributed by atoms with van der Waals surface area (Å²) in [6.45, 7) is 0.402. The van der Waals surface area contributed by atoms with Gasteiger partial charge in [-0.1, -0.05) is 0 Å². The standard InChI is InChI=1S/C2H5O3P.I2/c1-3-6-4-2-5-6;1-2/h2H2,1H3;. The van der Waals surface area contributed by atoms with E-state index in [9.17, 15) is 0 Å². The molecule has 3 nitrogen and oxygen atoms in total. The average molecular weight is 362 g/mol. The molecule has 1 fully saturated rings. The van der Waals surface area contributed by atoms with Crippen molar-refractivity contribution in [3.05, 3.63) is 0 Å². The third-order valence-electron chi connectivity index (χ3n) is 0.465. The van der Waals surface area contributed by atoms with Crippen LogP contribution in [0.4, 0.5) is 0 Å². The van der Waals surface area contributed by atoms with Crippen LogP contribution in [-0.2, 0) is 13.6 Å². The summed E-state index contributed by atoms with van der Waals surface area (Å²) >= 11 is 4.24. The molecule has 0 unspecified atom stereocenters. The van der Waals surface area contributed by atoms with Crippen molar-refractivity contribution < 1.29 is 13.6 Å². The van der Waals surface area contributed by atoms with Crippen molar-refractivity contribution in [3.63, 3.8) is 0 Å². The SMILES string of the molecule is COP1OCO1.II. The van der Waals surface area contributed by atoms with Gasteiger partial charge in [0, 0.05) is 44.3 Å². The third kappa shape index (κ3) is 3.73. The van der Waals surface area contributed by atoms with Crippen LogP contribution >= 0.6 is 45.8 Å². The summed E-state index contributed by atoms with van der Waals surface area (Å²) in [6, 6.07) is 0. The van der Waals surface area contributed by atoms with E-state index < -0.39 is 8.60 Å². The Morgan fingerprint density at radius 1 is 1.50 bits per heavy atom. The molecule has 0 aliphatic carbocycles. The maximum Gasteiger partial charge on any atom is 0.336 e. The Labute approximate surface area is 72.8 Å². The predicted molar refractivity (Wildman–Crippen MR) is 49.0 cm³/mol. The highest BCUT2D eigenvalue weighted by molar-refractivity contribution is 15.0. The first-order valence-electron chi connectivity index (χ1n) is 1.68. The molecule has 0 saturated carbocycles. The van der Waals surface area contributed by atoms with E-state index in [2.05, 4.69) is 41.8 Å². The van der Waals surface area contributed by atoms with Gasteiger partial charge in [-0.05, 0) is 0 Å². The molecular formula is C2H5I2O3P. The Morgan fingerprint density at radius 2 is 2.00 bits per heavy atom. The van der Waals surface area contributed by atoms with E-state index in [4.69, 9.17) is 9.05 Å². The van der Waals surface area contributed by atoms with Crippen molar-refractivity contribution in [1.82, 2.24) is 0 Å². The molecule has 50 valence electrons. The first-order valence-corrected chi connectivity index (χ1v) is 9.06. The highest BCUT2D eigenvalue weighted by Gasteiger charge is 2.19. The van der Waals surface area contributed by atoms with Gasteiger partial charge in [-0.25, -0.2) is 0 Å². The lowest BCUT2D eigenvalue weighted by Crippen LogP contribution is -2.05. The van der Waals surface area contributed by atoms with E-state index in [-0.39, 0.29) is 0 Å². The molecule has 0 aromatic carbocycles. The maximum atomic E-state index is 4.70. The summed E-state index contributed by atoms with van der Waals surface area (Å²) in [5.74, 6) is 0. The van der Waals surface area contributed by atoms with E-state index in [0.29, 0.717) is 6.79 Å². The van der Waals surface area contributed by atoms with Gasteiger partial charge in [0.25, 0.3) is 0 Å². The topological polar surface area (TPSA) is 27.7 Å². The van der Waals surface area contributed by atoms with Crippen molar-refractivity contribution in [2.24, 2.45) is 0 Å². The van der Waals surface area contributed by atoms with Gasteiger partial charge < -0.3 is 4.52 Å². The normalized spacial score (nSPS) is 18.4. The minimum absolute atomic E-state index is 0.402. The Balaban J connectivity index is 0.000000222. The van der Waals surface area contributed by atoms with Gasteiger partial charge in [0.05, 0.1) is 0 Å². The molecule has 0 aromatic heterocycles. The van der Waals surface area contributed by atoms with Crippen LogP contribution in [0.2, 0.25) is 0 Å². The Morgan fingerprint density at radius 3 is 2.00 bits per heavy atom. The minimum Gasteiger partial charge on any atom is -0.316 e. The summed E-state index contributed by atoms with van der Waals surface area (Å²) in [5, 5.41) is 0. The Hall–Kier alpha value is 1.77. The largest absolute Gasteiger partial charge is 0.336 e. The predicted octanol–water partition coefficient (Wildman–Crippen LogP) is 2.64. The molecule has 1 heterocycles. The molecule has 0 aromatic rings. The minimum atomic E-state index is -0.896. The van der Waals surface area contributed by atoms with E-state index in [1.165, 1.54) is 0 Å². The number of rotatable bonds is 1. The average Bonchev–Trinajstić information content (AvgIpc) is 1.69. The highest BCUT2D eigenvalue weighted by Crippen LogP contribution is 2.46. The van der Waals surface area contributed by atoms with Crippen LogP contribution < -0.4 is 0 Å². The second-order valence-corrected chi connectivity index (χ2v) is 2.11. The monoisotopic (exact) mass is 362 g/mol. The molecule has 0 atom stereocenters. The number of hydrogen-bond acceptors (Lipinski definition) is 3. The van der Waals surface area contributed by atoms with Crippen LogP contribution in [0, 0.1) is 0 Å². The molecule has 0 N–H and O–H groups in total. The van der Waals surface area contributed by atoms with Crippen molar-refractivity contribution in [2.45, 2.75) is 0 Å². The lowest BCUT2D eigenvalue weighted by atomic mass is 11.6. The molecule has 1 aliphatic rings. The van der Waals surface area contributed by atoms with Gasteiger partial charge in [0.1, 0.15) is 0 Å². The lowest BCUT2D eigenvalue weighted by molar-refractivity contribution is -0.000760. The second kappa shape index (κ2) is 6.88. The quantitative estimate of drug-likeness (QED) is 0.531. The van der Waals surface area contributed by atoms with Crippen LogP contribution in [0.3, 0.4) is 0 Å². The number of halogens is 2. The fraction of sp³-hybridized carbons (Fsp3) is 1.00. The van der Waals surface area contributed by atoms with E-state index in [0.717, 1.165) is 0 Å². The highest BCUT2D eigenvalue weighted by atomic mass is 128. The molecule has 0 amide bonds. The molecule has 1 rings (SSSR count). The summed E-state index contributed by atoms with van der Waals surface area (Å²) in [7, 11) is 0.665. The zero-order valence-electron chi connectivity index (χ0n) is 4.13. The molecule has 1 aliphatic heterocycles. The molecule has 0 spiro atoms. The van der Waals surface area contributed by atoms with Gasteiger partial charge in [-0.15, -0.1) is 0 Å². The molecule has 8 heavy (non-hydrogen) atoms. The summed E-state index contributed by atoms with van der Waals surface area (Å²) in [5.41, 5.74) is 0. The van der Waals surface area contributed by atoms with E-state index in [1.54, 1.807) is 7.11 Å². The van der Waals surface area contributed by atoms with E-state index >= 15 is 0 Å². The number of hydrogen-bond donors (Lipinski definition) is 0. The Bertz CT molecular complexity index is 47.8. The molecule has 0 radical (unpaired) electrons. The Kier molecular flexibility index (Phi) is 8.41. The van der Waals surface area contributed by atoms with Crippen LogP contribution in [0.15, 0.2) is 0 Å². The smallest absolute Gasteiger partial charge is 0.316 e. The van der Waals surface area contributed by atoms with Crippen LogP contribution in [0.25, 0.3) is 0 Å². The lowest BCUT2D eigenvalue weighted by Gasteiger charge is -2.21. The molecular weight excluding hydrogens is 357 g/mol. The van der Waals surface area contributed by atoms with E-state index in [1.807, 2.05) is 0 Å². The van der Waals surface area contributed by atoms with Gasteiger partial charge in [-0.2, -0.15) is 0 Å². The maximum absolute atomic E-state index is 4.70. The van der Waals surface area contributed by atoms with Gasteiger partial charge >= 0.3 is 8.60 Å². The third-order valence-corrected chi connectivity index (χ3v) is 1.40.